The van der Waals surface area contributed by atoms with Gasteiger partial charge in [-0.3, -0.25) is 9.59 Å². The van der Waals surface area contributed by atoms with Crippen molar-refractivity contribution in [1.82, 2.24) is 5.32 Å². The molecule has 0 aliphatic carbocycles. The molecule has 1 heterocycles. The molecule has 1 unspecified atom stereocenters. The lowest BCUT2D eigenvalue weighted by atomic mass is 10.1. The lowest BCUT2D eigenvalue weighted by Crippen LogP contribution is -2.38. The third kappa shape index (κ3) is 4.04. The van der Waals surface area contributed by atoms with Crippen molar-refractivity contribution in [1.29, 1.82) is 0 Å². The monoisotopic (exact) mass is 352 g/mol. The van der Waals surface area contributed by atoms with Crippen LogP contribution in [-0.2, 0) is 16.0 Å². The Morgan fingerprint density at radius 1 is 1.15 bits per heavy atom. The third-order valence-electron chi connectivity index (χ3n) is 4.82. The Kier molecular flexibility index (Phi) is 5.26. The van der Waals surface area contributed by atoms with E-state index in [-0.39, 0.29) is 17.9 Å². The number of nitrogens with one attached hydrogen (secondary N) is 1. The number of carbonyl (C=O) groups excluding carboxylic acids is 2. The molecule has 0 spiro atoms. The van der Waals surface area contributed by atoms with Gasteiger partial charge in [-0.2, -0.15) is 0 Å². The number of rotatable bonds is 5. The molecule has 5 nitrogen and oxygen atoms in total. The molecule has 1 fully saturated rings. The molecule has 3 rings (SSSR count). The number of amides is 2. The van der Waals surface area contributed by atoms with Gasteiger partial charge in [0.15, 0.2) is 0 Å². The molecular formula is C21H24N2O3. The van der Waals surface area contributed by atoms with Crippen molar-refractivity contribution in [2.75, 3.05) is 18.6 Å². The topological polar surface area (TPSA) is 58.6 Å². The lowest BCUT2D eigenvalue weighted by Gasteiger charge is -2.18. The van der Waals surface area contributed by atoms with Gasteiger partial charge in [-0.1, -0.05) is 18.2 Å². The van der Waals surface area contributed by atoms with E-state index in [0.717, 1.165) is 22.6 Å². The average molecular weight is 352 g/mol. The van der Waals surface area contributed by atoms with Gasteiger partial charge in [-0.05, 0) is 54.8 Å². The number of carbonyl (C=O) groups is 2. The highest BCUT2D eigenvalue weighted by Crippen LogP contribution is 2.24. The fourth-order valence-corrected chi connectivity index (χ4v) is 3.15. The molecule has 0 radical (unpaired) electrons. The molecule has 1 saturated heterocycles. The first-order valence-corrected chi connectivity index (χ1v) is 8.76. The molecule has 1 aliphatic rings. The first kappa shape index (κ1) is 18.0. The van der Waals surface area contributed by atoms with Gasteiger partial charge in [0.1, 0.15) is 5.75 Å². The van der Waals surface area contributed by atoms with Crippen LogP contribution in [0, 0.1) is 13.8 Å². The molecule has 5 heteroatoms. The molecule has 2 aromatic carbocycles. The van der Waals surface area contributed by atoms with E-state index in [9.17, 15) is 9.59 Å². The van der Waals surface area contributed by atoms with Gasteiger partial charge in [0, 0.05) is 18.7 Å². The Morgan fingerprint density at radius 3 is 2.54 bits per heavy atom. The molecule has 136 valence electrons. The van der Waals surface area contributed by atoms with Crippen LogP contribution < -0.4 is 15.0 Å². The number of benzene rings is 2. The molecule has 0 aromatic heterocycles. The van der Waals surface area contributed by atoms with Crippen LogP contribution in [-0.4, -0.2) is 31.5 Å². The minimum atomic E-state index is -0.158. The van der Waals surface area contributed by atoms with E-state index >= 15 is 0 Å². The van der Waals surface area contributed by atoms with Crippen molar-refractivity contribution in [2.24, 2.45) is 0 Å². The van der Waals surface area contributed by atoms with E-state index in [1.165, 1.54) is 5.56 Å². The van der Waals surface area contributed by atoms with E-state index in [0.29, 0.717) is 19.4 Å². The zero-order chi connectivity index (χ0) is 18.7. The zero-order valence-corrected chi connectivity index (χ0v) is 15.4. The summed E-state index contributed by atoms with van der Waals surface area (Å²) in [6.45, 7) is 4.59. The Morgan fingerprint density at radius 2 is 1.88 bits per heavy atom. The van der Waals surface area contributed by atoms with Gasteiger partial charge < -0.3 is 15.0 Å². The van der Waals surface area contributed by atoms with Gasteiger partial charge in [0.25, 0.3) is 0 Å². The average Bonchev–Trinajstić information content (AvgIpc) is 2.98. The van der Waals surface area contributed by atoms with E-state index in [1.807, 2.05) is 56.3 Å². The van der Waals surface area contributed by atoms with Gasteiger partial charge in [-0.25, -0.2) is 0 Å². The highest BCUT2D eigenvalue weighted by molar-refractivity contribution is 5.97. The predicted molar refractivity (Wildman–Crippen MR) is 102 cm³/mol. The number of hydrogen-bond acceptors (Lipinski definition) is 3. The fourth-order valence-electron chi connectivity index (χ4n) is 3.15. The van der Waals surface area contributed by atoms with Crippen molar-refractivity contribution >= 4 is 17.5 Å². The Balaban J connectivity index is 1.59. The molecule has 26 heavy (non-hydrogen) atoms. The number of nitrogens with zero attached hydrogens (tertiary/aromatic N) is 1. The number of aryl methyl sites for hydroxylation is 2. The minimum absolute atomic E-state index is 0.0444. The number of hydrogen-bond donors (Lipinski definition) is 1. The first-order valence-electron chi connectivity index (χ1n) is 8.76. The second-order valence-corrected chi connectivity index (χ2v) is 6.77. The maximum atomic E-state index is 12.4. The molecule has 1 aliphatic heterocycles. The van der Waals surface area contributed by atoms with Crippen LogP contribution >= 0.6 is 0 Å². The molecule has 1 atom stereocenters. The summed E-state index contributed by atoms with van der Waals surface area (Å²) in [5, 5.41) is 2.98. The van der Waals surface area contributed by atoms with Crippen molar-refractivity contribution in [2.45, 2.75) is 32.7 Å². The van der Waals surface area contributed by atoms with Gasteiger partial charge in [-0.15, -0.1) is 0 Å². The summed E-state index contributed by atoms with van der Waals surface area (Å²) >= 11 is 0. The summed E-state index contributed by atoms with van der Waals surface area (Å²) in [4.78, 5) is 26.4. The number of methoxy groups -OCH3 is 1. The maximum absolute atomic E-state index is 12.4. The molecular weight excluding hydrogens is 328 g/mol. The predicted octanol–water partition coefficient (Wildman–Crippen LogP) is 2.78. The molecule has 0 saturated carbocycles. The Bertz CT molecular complexity index is 815. The van der Waals surface area contributed by atoms with Crippen molar-refractivity contribution in [3.63, 3.8) is 0 Å². The standard InChI is InChI=1S/C21H24N2O3/c1-14-4-7-18(10-15(14)2)23-13-17(12-21(23)25)22-20(24)11-16-5-8-19(26-3)9-6-16/h4-10,17H,11-13H2,1-3H3,(H,22,24). The van der Waals surface area contributed by atoms with Gasteiger partial charge in [0.05, 0.1) is 19.6 Å². The number of anilines is 1. The zero-order valence-electron chi connectivity index (χ0n) is 15.4. The summed E-state index contributed by atoms with van der Waals surface area (Å²) in [5.41, 5.74) is 4.16. The van der Waals surface area contributed by atoms with E-state index in [2.05, 4.69) is 5.32 Å². The van der Waals surface area contributed by atoms with E-state index < -0.39 is 0 Å². The molecule has 2 amide bonds. The minimum Gasteiger partial charge on any atom is -0.497 e. The SMILES string of the molecule is COc1ccc(CC(=O)NC2CC(=O)N(c3ccc(C)c(C)c3)C2)cc1. The van der Waals surface area contributed by atoms with Crippen LogP contribution in [0.2, 0.25) is 0 Å². The van der Waals surface area contributed by atoms with E-state index in [1.54, 1.807) is 12.0 Å². The Labute approximate surface area is 154 Å². The van der Waals surface area contributed by atoms with Gasteiger partial charge >= 0.3 is 0 Å². The second-order valence-electron chi connectivity index (χ2n) is 6.77. The lowest BCUT2D eigenvalue weighted by molar-refractivity contribution is -0.121. The van der Waals surface area contributed by atoms with Crippen LogP contribution in [0.25, 0.3) is 0 Å². The van der Waals surface area contributed by atoms with Crippen LogP contribution in [0.5, 0.6) is 5.75 Å². The van der Waals surface area contributed by atoms with Crippen molar-refractivity contribution < 1.29 is 14.3 Å². The largest absolute Gasteiger partial charge is 0.497 e. The summed E-state index contributed by atoms with van der Waals surface area (Å²) in [6.07, 6.45) is 0.625. The van der Waals surface area contributed by atoms with Crippen LogP contribution in [0.3, 0.4) is 0 Å². The van der Waals surface area contributed by atoms with Gasteiger partial charge in [0.2, 0.25) is 11.8 Å². The number of ether oxygens (including phenoxy) is 1. The van der Waals surface area contributed by atoms with E-state index in [4.69, 9.17) is 4.74 Å². The van der Waals surface area contributed by atoms with Crippen LogP contribution in [0.1, 0.15) is 23.1 Å². The highest BCUT2D eigenvalue weighted by atomic mass is 16.5. The fraction of sp³-hybridized carbons (Fsp3) is 0.333. The Hall–Kier alpha value is -2.82. The van der Waals surface area contributed by atoms with Crippen LogP contribution in [0.15, 0.2) is 42.5 Å². The summed E-state index contributed by atoms with van der Waals surface area (Å²) in [7, 11) is 1.61. The summed E-state index contributed by atoms with van der Waals surface area (Å²) in [5.74, 6) is 0.734. The first-order chi connectivity index (χ1) is 12.5. The summed E-state index contributed by atoms with van der Waals surface area (Å²) in [6, 6.07) is 13.3. The molecule has 1 N–H and O–H groups in total. The van der Waals surface area contributed by atoms with Crippen molar-refractivity contribution in [3.8, 4) is 5.75 Å². The quantitative estimate of drug-likeness (QED) is 0.900. The summed E-state index contributed by atoms with van der Waals surface area (Å²) < 4.78 is 5.12. The normalized spacial score (nSPS) is 16.7. The third-order valence-corrected chi connectivity index (χ3v) is 4.82. The highest BCUT2D eigenvalue weighted by Gasteiger charge is 2.31. The smallest absolute Gasteiger partial charge is 0.229 e. The van der Waals surface area contributed by atoms with Crippen LogP contribution in [0.4, 0.5) is 5.69 Å². The maximum Gasteiger partial charge on any atom is 0.229 e. The molecule has 2 aromatic rings. The second kappa shape index (κ2) is 7.60. The molecule has 0 bridgehead atoms. The van der Waals surface area contributed by atoms with Crippen molar-refractivity contribution in [3.05, 3.63) is 59.2 Å².